The molecule has 0 aliphatic carbocycles. The van der Waals surface area contributed by atoms with Gasteiger partial charge in [0, 0.05) is 66.9 Å². The molecule has 0 saturated heterocycles. The number of fused-ring (bicyclic) bond motifs is 1. The van der Waals surface area contributed by atoms with Crippen LogP contribution >= 0.6 is 11.6 Å². The van der Waals surface area contributed by atoms with E-state index in [2.05, 4.69) is 10.2 Å². The number of aryl methyl sites for hydroxylation is 2. The summed E-state index contributed by atoms with van der Waals surface area (Å²) in [7, 11) is 4.91. The number of hydrogen-bond donors (Lipinski definition) is 0. The molecule has 224 valence electrons. The normalized spacial score (nSPS) is 12.4. The Kier molecular flexibility index (Phi) is 8.32. The Morgan fingerprint density at radius 1 is 0.977 bits per heavy atom. The molecule has 9 nitrogen and oxygen atoms in total. The fraction of sp³-hybridized carbons (Fsp3) is 0.267. The maximum Gasteiger partial charge on any atom is 0.422 e. The second kappa shape index (κ2) is 12.0. The minimum absolute atomic E-state index is 0.0303. The first-order valence-corrected chi connectivity index (χ1v) is 13.5. The summed E-state index contributed by atoms with van der Waals surface area (Å²) in [5, 5.41) is 9.85. The lowest BCUT2D eigenvalue weighted by Crippen LogP contribution is -2.32. The molecule has 0 N–H and O–H groups in total. The molecule has 0 fully saturated rings. The van der Waals surface area contributed by atoms with Gasteiger partial charge in [-0.1, -0.05) is 17.7 Å². The van der Waals surface area contributed by atoms with Crippen LogP contribution in [0.25, 0.3) is 22.0 Å². The number of rotatable bonds is 10. The lowest BCUT2D eigenvalue weighted by atomic mass is 9.98. The number of methoxy groups -OCH3 is 1. The van der Waals surface area contributed by atoms with E-state index >= 15 is 0 Å². The van der Waals surface area contributed by atoms with Gasteiger partial charge in [0.25, 0.3) is 5.56 Å². The molecule has 13 heteroatoms. The Hall–Kier alpha value is -4.58. The monoisotopic (exact) mass is 613 g/mol. The molecular weight excluding hydrogens is 587 g/mol. The Balaban J connectivity index is 1.55. The molecule has 0 saturated carbocycles. The van der Waals surface area contributed by atoms with Crippen molar-refractivity contribution in [3.8, 4) is 22.6 Å². The number of benzene rings is 2. The summed E-state index contributed by atoms with van der Waals surface area (Å²) in [5.41, 5.74) is 1.86. The summed E-state index contributed by atoms with van der Waals surface area (Å²) >= 11 is 6.16. The number of halogens is 4. The van der Waals surface area contributed by atoms with Crippen LogP contribution in [-0.2, 0) is 31.7 Å². The van der Waals surface area contributed by atoms with E-state index in [0.29, 0.717) is 5.69 Å². The van der Waals surface area contributed by atoms with Crippen molar-refractivity contribution < 1.29 is 27.4 Å². The van der Waals surface area contributed by atoms with Gasteiger partial charge >= 0.3 is 6.18 Å². The first-order chi connectivity index (χ1) is 20.4. The first-order valence-electron chi connectivity index (χ1n) is 13.1. The van der Waals surface area contributed by atoms with E-state index in [1.165, 1.54) is 42.1 Å². The highest BCUT2D eigenvalue weighted by molar-refractivity contribution is 6.31. The highest BCUT2D eigenvalue weighted by Crippen LogP contribution is 2.38. The van der Waals surface area contributed by atoms with Gasteiger partial charge in [-0.2, -0.15) is 23.4 Å². The second-order valence-corrected chi connectivity index (χ2v) is 10.5. The molecule has 3 heterocycles. The summed E-state index contributed by atoms with van der Waals surface area (Å²) in [6.07, 6.45) is 0.538. The minimum atomic E-state index is -4.58. The van der Waals surface area contributed by atoms with Crippen molar-refractivity contribution in [2.45, 2.75) is 25.1 Å². The topological polar surface area (TPSA) is 93.2 Å². The molecule has 3 aromatic heterocycles. The number of ether oxygens (including phenoxy) is 2. The number of carbonyl (C=O) groups excluding carboxylic acids is 1. The van der Waals surface area contributed by atoms with Crippen LogP contribution in [0.1, 0.15) is 17.3 Å². The van der Waals surface area contributed by atoms with Crippen LogP contribution in [-0.4, -0.2) is 49.8 Å². The number of hydrogen-bond acceptors (Lipinski definition) is 6. The molecular formula is C30H27ClF3N5O4. The van der Waals surface area contributed by atoms with Gasteiger partial charge < -0.3 is 14.0 Å². The molecule has 1 unspecified atom stereocenters. The number of carbonyl (C=O) groups is 1. The number of nitrogens with zero attached hydrogens (tertiary/aromatic N) is 5. The number of alkyl halides is 3. The van der Waals surface area contributed by atoms with Crippen LogP contribution in [0.4, 0.5) is 13.2 Å². The van der Waals surface area contributed by atoms with E-state index in [-0.39, 0.29) is 46.3 Å². The van der Waals surface area contributed by atoms with E-state index in [4.69, 9.17) is 21.1 Å². The van der Waals surface area contributed by atoms with Gasteiger partial charge in [-0.15, -0.1) is 0 Å². The van der Waals surface area contributed by atoms with E-state index in [9.17, 15) is 22.8 Å². The van der Waals surface area contributed by atoms with Gasteiger partial charge in [0.05, 0.1) is 24.5 Å². The zero-order chi connectivity index (χ0) is 30.9. The van der Waals surface area contributed by atoms with Crippen LogP contribution in [0.2, 0.25) is 5.02 Å². The van der Waals surface area contributed by atoms with Crippen molar-refractivity contribution in [1.29, 1.82) is 0 Å². The zero-order valence-corrected chi connectivity index (χ0v) is 24.2. The lowest BCUT2D eigenvalue weighted by Gasteiger charge is -2.21. The van der Waals surface area contributed by atoms with Crippen molar-refractivity contribution in [2.75, 3.05) is 13.7 Å². The Morgan fingerprint density at radius 2 is 1.74 bits per heavy atom. The molecule has 0 amide bonds. The predicted molar refractivity (Wildman–Crippen MR) is 155 cm³/mol. The van der Waals surface area contributed by atoms with Gasteiger partial charge in [0.15, 0.2) is 12.4 Å². The van der Waals surface area contributed by atoms with Crippen molar-refractivity contribution in [2.24, 2.45) is 14.1 Å². The number of Topliss-reactive ketones (excluding diaryl/α,β-unsaturated/α-hetero) is 1. The molecule has 0 aliphatic heterocycles. The highest BCUT2D eigenvalue weighted by Gasteiger charge is 2.30. The Morgan fingerprint density at radius 3 is 2.44 bits per heavy atom. The third-order valence-electron chi connectivity index (χ3n) is 6.83. The largest absolute Gasteiger partial charge is 0.495 e. The number of pyridine rings is 1. The SMILES string of the molecule is COc1cn(C(Cc2ccn(C)n2)C(=O)Cc2ccc3nn(C)cc3c2)c(=O)cc1-c1cc(Cl)ccc1OCC(F)(F)F. The molecule has 43 heavy (non-hydrogen) atoms. The van der Waals surface area contributed by atoms with Crippen LogP contribution in [0.15, 0.2) is 71.9 Å². The standard InChI is InChI=1S/C30H27ClF3N5O4/c1-37-9-8-21(35-37)13-25(26(40)11-18-4-6-24-19(10-18)15-38(2)36-24)39-16-28(42-3)23(14-29(39)41)22-12-20(31)5-7-27(22)43-17-30(32,33)34/h4-10,12,14-16,25H,11,13,17H2,1-3H3. The molecule has 0 radical (unpaired) electrons. The molecule has 0 aliphatic rings. The number of ketones is 1. The maximum absolute atomic E-state index is 13.9. The maximum atomic E-state index is 13.9. The summed E-state index contributed by atoms with van der Waals surface area (Å²) in [4.78, 5) is 27.5. The van der Waals surface area contributed by atoms with Crippen LogP contribution in [0.3, 0.4) is 0 Å². The minimum Gasteiger partial charge on any atom is -0.495 e. The van der Waals surface area contributed by atoms with Gasteiger partial charge in [0.2, 0.25) is 0 Å². The fourth-order valence-corrected chi connectivity index (χ4v) is 5.08. The molecule has 2 aromatic carbocycles. The van der Waals surface area contributed by atoms with Crippen molar-refractivity contribution in [3.05, 3.63) is 93.8 Å². The molecule has 1 atom stereocenters. The van der Waals surface area contributed by atoms with Gasteiger partial charge in [-0.3, -0.25) is 19.0 Å². The van der Waals surface area contributed by atoms with Gasteiger partial charge in [-0.25, -0.2) is 0 Å². The molecule has 5 rings (SSSR count). The van der Waals surface area contributed by atoms with E-state index in [1.807, 2.05) is 31.4 Å². The molecule has 5 aromatic rings. The average Bonchev–Trinajstić information content (AvgIpc) is 3.53. The van der Waals surface area contributed by atoms with Crippen LogP contribution in [0.5, 0.6) is 11.5 Å². The summed E-state index contributed by atoms with van der Waals surface area (Å²) in [6, 6.07) is 11.6. The average molecular weight is 614 g/mol. The summed E-state index contributed by atoms with van der Waals surface area (Å²) in [6.45, 7) is -1.54. The molecule has 0 spiro atoms. The Labute approximate surface area is 249 Å². The lowest BCUT2D eigenvalue weighted by molar-refractivity contribution is -0.153. The van der Waals surface area contributed by atoms with E-state index in [1.54, 1.807) is 28.7 Å². The van der Waals surface area contributed by atoms with Crippen molar-refractivity contribution in [1.82, 2.24) is 24.1 Å². The highest BCUT2D eigenvalue weighted by atomic mass is 35.5. The number of aromatic nitrogens is 5. The first kappa shape index (κ1) is 29.9. The quantitative estimate of drug-likeness (QED) is 0.211. The van der Waals surface area contributed by atoms with Gasteiger partial charge in [0.1, 0.15) is 17.5 Å². The van der Waals surface area contributed by atoms with E-state index < -0.39 is 24.4 Å². The summed E-state index contributed by atoms with van der Waals surface area (Å²) < 4.78 is 53.9. The van der Waals surface area contributed by atoms with Crippen molar-refractivity contribution in [3.63, 3.8) is 0 Å². The van der Waals surface area contributed by atoms with Crippen LogP contribution < -0.4 is 15.0 Å². The van der Waals surface area contributed by atoms with E-state index in [0.717, 1.165) is 16.5 Å². The van der Waals surface area contributed by atoms with Crippen molar-refractivity contribution >= 4 is 28.3 Å². The third kappa shape index (κ3) is 6.91. The predicted octanol–water partition coefficient (Wildman–Crippen LogP) is 5.33. The fourth-order valence-electron chi connectivity index (χ4n) is 4.91. The van der Waals surface area contributed by atoms with Crippen LogP contribution in [0, 0.1) is 0 Å². The zero-order valence-electron chi connectivity index (χ0n) is 23.4. The Bertz CT molecular complexity index is 1860. The van der Waals surface area contributed by atoms with Gasteiger partial charge in [-0.05, 0) is 42.0 Å². The second-order valence-electron chi connectivity index (χ2n) is 10.1. The summed E-state index contributed by atoms with van der Waals surface area (Å²) in [5.74, 6) is -0.249. The smallest absolute Gasteiger partial charge is 0.422 e. The molecule has 0 bridgehead atoms. The third-order valence-corrected chi connectivity index (χ3v) is 7.06.